The molecule has 0 unspecified atom stereocenters. The maximum absolute atomic E-state index is 11.1. The molecule has 2 atom stereocenters. The topological polar surface area (TPSA) is 99.0 Å². The van der Waals surface area contributed by atoms with E-state index < -0.39 is 5.91 Å². The van der Waals surface area contributed by atoms with Crippen molar-refractivity contribution in [2.24, 2.45) is 11.1 Å². The predicted octanol–water partition coefficient (Wildman–Crippen LogP) is 8.51. The molecule has 0 radical (unpaired) electrons. The number of hydrogen-bond donors (Lipinski definition) is 3. The number of phenolic OH excluding ortho intramolecular Hbond substituents is 2. The largest absolute Gasteiger partial charge is 0.507 e. The summed E-state index contributed by atoms with van der Waals surface area (Å²) in [6, 6.07) is 33.3. The van der Waals surface area contributed by atoms with Gasteiger partial charge in [0.25, 0.3) is 5.91 Å². The van der Waals surface area contributed by atoms with Gasteiger partial charge in [-0.1, -0.05) is 104 Å². The van der Waals surface area contributed by atoms with Crippen LogP contribution in [0.2, 0.25) is 0 Å². The first-order valence-corrected chi connectivity index (χ1v) is 14.0. The van der Waals surface area contributed by atoms with Gasteiger partial charge in [0.05, 0.1) is 0 Å². The first kappa shape index (κ1) is 29.4. The number of hydrogen-bond acceptors (Lipinski definition) is 5. The predicted molar refractivity (Wildman–Crippen MR) is 167 cm³/mol. The quantitative estimate of drug-likeness (QED) is 0.160. The van der Waals surface area contributed by atoms with Gasteiger partial charge in [0.15, 0.2) is 0 Å². The molecule has 0 saturated heterocycles. The smallest absolute Gasteiger partial charge is 0.286 e. The number of nitroso groups, excluding NO2 is 1. The van der Waals surface area contributed by atoms with Crippen molar-refractivity contribution in [1.82, 2.24) is 5.32 Å². The first-order chi connectivity index (χ1) is 19.9. The van der Waals surface area contributed by atoms with E-state index in [1.165, 1.54) is 5.56 Å². The van der Waals surface area contributed by atoms with E-state index in [-0.39, 0.29) is 29.9 Å². The van der Waals surface area contributed by atoms with Gasteiger partial charge in [0.2, 0.25) is 0 Å². The summed E-state index contributed by atoms with van der Waals surface area (Å²) < 4.78 is 0. The van der Waals surface area contributed by atoms with Crippen LogP contribution >= 0.6 is 0 Å². The second kappa shape index (κ2) is 14.2. The zero-order valence-corrected chi connectivity index (χ0v) is 23.5. The summed E-state index contributed by atoms with van der Waals surface area (Å²) in [6.07, 6.45) is 2.17. The SMILES string of the molecule is CCC[C@@H](CN[C@@H](C)c1ccccc1)CC(=O)N=O.Oc1ccc2ccccc2c1-c1c(O)ccc2ccccc12. The van der Waals surface area contributed by atoms with Crippen LogP contribution in [0.25, 0.3) is 32.7 Å². The molecule has 5 rings (SSSR count). The minimum absolute atomic E-state index is 0.172. The van der Waals surface area contributed by atoms with Gasteiger partial charge in [0.1, 0.15) is 11.5 Å². The first-order valence-electron chi connectivity index (χ1n) is 14.0. The van der Waals surface area contributed by atoms with Gasteiger partial charge in [0, 0.05) is 28.8 Å². The Morgan fingerprint density at radius 3 is 1.78 bits per heavy atom. The van der Waals surface area contributed by atoms with Crippen LogP contribution in [0.15, 0.2) is 108 Å². The minimum atomic E-state index is -0.549. The molecule has 0 bridgehead atoms. The number of nitrogens with one attached hydrogen (secondary N) is 1. The van der Waals surface area contributed by atoms with E-state index in [4.69, 9.17) is 0 Å². The van der Waals surface area contributed by atoms with Gasteiger partial charge < -0.3 is 15.5 Å². The second-order valence-electron chi connectivity index (χ2n) is 10.2. The van der Waals surface area contributed by atoms with E-state index in [2.05, 4.69) is 36.5 Å². The molecule has 6 nitrogen and oxygen atoms in total. The van der Waals surface area contributed by atoms with Gasteiger partial charge in [-0.2, -0.15) is 0 Å². The van der Waals surface area contributed by atoms with Crippen LogP contribution in [0.1, 0.15) is 44.7 Å². The maximum atomic E-state index is 11.1. The van der Waals surface area contributed by atoms with Crippen LogP contribution in [-0.4, -0.2) is 22.7 Å². The normalized spacial score (nSPS) is 12.3. The third-order valence-corrected chi connectivity index (χ3v) is 7.34. The number of carbonyl (C=O) groups excluding carboxylic acids is 1. The molecule has 3 N–H and O–H groups in total. The highest BCUT2D eigenvalue weighted by Crippen LogP contribution is 2.44. The zero-order chi connectivity index (χ0) is 29.2. The molecule has 0 aliphatic heterocycles. The van der Waals surface area contributed by atoms with E-state index in [1.807, 2.05) is 78.9 Å². The monoisotopic (exact) mass is 548 g/mol. The average molecular weight is 549 g/mol. The number of nitrogens with zero attached hydrogens (tertiary/aromatic N) is 1. The highest BCUT2D eigenvalue weighted by Gasteiger charge is 2.17. The Morgan fingerprint density at radius 2 is 1.27 bits per heavy atom. The van der Waals surface area contributed by atoms with Crippen molar-refractivity contribution in [3.05, 3.63) is 114 Å². The molecular weight excluding hydrogens is 512 g/mol. The molecule has 0 saturated carbocycles. The Labute approximate surface area is 240 Å². The van der Waals surface area contributed by atoms with Gasteiger partial charge in [-0.15, -0.1) is 4.91 Å². The zero-order valence-electron chi connectivity index (χ0n) is 23.5. The minimum Gasteiger partial charge on any atom is -0.507 e. The molecular formula is C35H36N2O4. The van der Waals surface area contributed by atoms with Crippen molar-refractivity contribution in [2.45, 2.75) is 39.2 Å². The van der Waals surface area contributed by atoms with Crippen molar-refractivity contribution < 1.29 is 15.0 Å². The molecule has 210 valence electrons. The number of carbonyl (C=O) groups is 1. The summed E-state index contributed by atoms with van der Waals surface area (Å²) in [7, 11) is 0. The summed E-state index contributed by atoms with van der Waals surface area (Å²) >= 11 is 0. The lowest BCUT2D eigenvalue weighted by Gasteiger charge is -2.19. The highest BCUT2D eigenvalue weighted by molar-refractivity contribution is 6.09. The van der Waals surface area contributed by atoms with Crippen molar-refractivity contribution in [3.8, 4) is 22.6 Å². The number of amides is 1. The molecule has 0 fully saturated rings. The standard InChI is InChI=1S/C20H14O2.C15H22N2O2/c21-17-11-9-13-5-1-3-7-15(13)19(17)20-16-8-4-2-6-14(16)10-12-18(20)22;1-3-7-13(10-15(18)17-19)11-16-12(2)14-8-5-4-6-9-14/h1-12,21-22H;4-6,8-9,12-13,16H,3,7,10-11H2,1-2H3/t;12-,13+/m.0/s1. The molecule has 5 aromatic rings. The lowest BCUT2D eigenvalue weighted by atomic mass is 9.92. The Morgan fingerprint density at radius 1 is 0.756 bits per heavy atom. The number of rotatable bonds is 9. The number of phenols is 2. The van der Waals surface area contributed by atoms with Gasteiger partial charge in [-0.25, -0.2) is 0 Å². The number of fused-ring (bicyclic) bond motifs is 2. The van der Waals surface area contributed by atoms with E-state index >= 15 is 0 Å². The molecule has 0 heterocycles. The van der Waals surface area contributed by atoms with Crippen LogP contribution in [0.3, 0.4) is 0 Å². The number of aromatic hydroxyl groups is 2. The third-order valence-electron chi connectivity index (χ3n) is 7.34. The fourth-order valence-corrected chi connectivity index (χ4v) is 5.22. The highest BCUT2D eigenvalue weighted by atomic mass is 16.3. The van der Waals surface area contributed by atoms with E-state index in [1.54, 1.807) is 12.1 Å². The third kappa shape index (κ3) is 7.35. The summed E-state index contributed by atoms with van der Waals surface area (Å²) in [5.74, 6) is -0.0234. The van der Waals surface area contributed by atoms with Gasteiger partial charge in [-0.05, 0) is 65.0 Å². The fraction of sp³-hybridized carbons (Fsp3) is 0.229. The average Bonchev–Trinajstić information content (AvgIpc) is 3.01. The van der Waals surface area contributed by atoms with Crippen molar-refractivity contribution in [1.29, 1.82) is 0 Å². The van der Waals surface area contributed by atoms with Crippen LogP contribution in [0.5, 0.6) is 11.5 Å². The molecule has 0 aromatic heterocycles. The van der Waals surface area contributed by atoms with Gasteiger partial charge >= 0.3 is 0 Å². The lowest BCUT2D eigenvalue weighted by Crippen LogP contribution is -2.27. The Kier molecular flexibility index (Phi) is 10.2. The van der Waals surface area contributed by atoms with E-state index in [0.29, 0.717) is 11.1 Å². The summed E-state index contributed by atoms with van der Waals surface area (Å²) in [5, 5.41) is 30.7. The molecule has 1 amide bonds. The Bertz CT molecular complexity index is 1530. The molecule has 0 spiro atoms. The molecule has 6 heteroatoms. The number of benzene rings is 5. The Hall–Kier alpha value is -4.55. The van der Waals surface area contributed by atoms with Gasteiger partial charge in [-0.3, -0.25) is 4.79 Å². The van der Waals surface area contributed by atoms with Crippen LogP contribution in [0.4, 0.5) is 0 Å². The summed E-state index contributed by atoms with van der Waals surface area (Å²) in [6.45, 7) is 4.90. The van der Waals surface area contributed by atoms with Crippen LogP contribution in [0, 0.1) is 10.8 Å². The molecule has 0 aliphatic carbocycles. The van der Waals surface area contributed by atoms with E-state index in [9.17, 15) is 19.9 Å². The fourth-order valence-electron chi connectivity index (χ4n) is 5.22. The Balaban J connectivity index is 0.000000192. The van der Waals surface area contributed by atoms with Crippen molar-refractivity contribution in [3.63, 3.8) is 0 Å². The van der Waals surface area contributed by atoms with E-state index in [0.717, 1.165) is 40.9 Å². The second-order valence-corrected chi connectivity index (χ2v) is 10.2. The summed E-state index contributed by atoms with van der Waals surface area (Å²) in [4.78, 5) is 21.3. The molecule has 5 aromatic carbocycles. The van der Waals surface area contributed by atoms with Crippen molar-refractivity contribution in [2.75, 3.05) is 6.54 Å². The lowest BCUT2D eigenvalue weighted by molar-refractivity contribution is -0.118. The molecule has 0 aliphatic rings. The van der Waals surface area contributed by atoms with Crippen LogP contribution < -0.4 is 5.32 Å². The molecule has 41 heavy (non-hydrogen) atoms. The summed E-state index contributed by atoms with van der Waals surface area (Å²) in [5.41, 5.74) is 2.57. The van der Waals surface area contributed by atoms with Crippen molar-refractivity contribution >= 4 is 27.5 Å². The van der Waals surface area contributed by atoms with Crippen LogP contribution in [-0.2, 0) is 4.79 Å². The maximum Gasteiger partial charge on any atom is 0.286 e.